The number of methoxy groups -OCH3 is 1. The lowest BCUT2D eigenvalue weighted by atomic mass is 9.92. The molecule has 112 valence electrons. The van der Waals surface area contributed by atoms with Gasteiger partial charge in [-0.3, -0.25) is 4.79 Å². The number of fused-ring (bicyclic) bond motifs is 1. The lowest BCUT2D eigenvalue weighted by Crippen LogP contribution is -2.10. The summed E-state index contributed by atoms with van der Waals surface area (Å²) >= 11 is 0. The average molecular weight is 296 g/mol. The molecule has 0 bridgehead atoms. The van der Waals surface area contributed by atoms with E-state index in [2.05, 4.69) is 4.98 Å². The van der Waals surface area contributed by atoms with Crippen LogP contribution in [0.3, 0.4) is 0 Å². The van der Waals surface area contributed by atoms with Crippen molar-refractivity contribution in [3.05, 3.63) is 66.1 Å². The van der Waals surface area contributed by atoms with Crippen LogP contribution in [0.25, 0.3) is 5.65 Å². The maximum Gasteiger partial charge on any atom is 0.304 e. The Kier molecular flexibility index (Phi) is 3.78. The van der Waals surface area contributed by atoms with Gasteiger partial charge in [0.05, 0.1) is 19.2 Å². The topological polar surface area (TPSA) is 63.8 Å². The second kappa shape index (κ2) is 5.89. The summed E-state index contributed by atoms with van der Waals surface area (Å²) in [7, 11) is 1.61. The van der Waals surface area contributed by atoms with Gasteiger partial charge in [0.15, 0.2) is 0 Å². The third kappa shape index (κ3) is 2.65. The molecule has 0 unspecified atom stereocenters. The second-order valence-corrected chi connectivity index (χ2v) is 5.04. The summed E-state index contributed by atoms with van der Waals surface area (Å²) in [4.78, 5) is 15.6. The molecule has 0 saturated carbocycles. The van der Waals surface area contributed by atoms with Crippen molar-refractivity contribution in [1.82, 2.24) is 9.38 Å². The van der Waals surface area contributed by atoms with E-state index in [1.165, 1.54) is 0 Å². The number of hydrogen-bond acceptors (Lipinski definition) is 3. The fourth-order valence-electron chi connectivity index (χ4n) is 2.61. The Morgan fingerprint density at radius 3 is 2.73 bits per heavy atom. The number of carboxylic acids is 1. The summed E-state index contributed by atoms with van der Waals surface area (Å²) in [5, 5.41) is 9.26. The van der Waals surface area contributed by atoms with Crippen molar-refractivity contribution >= 4 is 11.6 Å². The molecule has 1 N–H and O–H groups in total. The largest absolute Gasteiger partial charge is 0.497 e. The number of hydrogen-bond donors (Lipinski definition) is 1. The number of imidazole rings is 1. The first-order chi connectivity index (χ1) is 10.7. The molecule has 5 heteroatoms. The van der Waals surface area contributed by atoms with Crippen molar-refractivity contribution in [2.75, 3.05) is 7.11 Å². The van der Waals surface area contributed by atoms with E-state index in [0.717, 1.165) is 22.7 Å². The normalized spacial score (nSPS) is 12.2. The van der Waals surface area contributed by atoms with Gasteiger partial charge in [-0.05, 0) is 29.8 Å². The SMILES string of the molecule is COc1ccc([C@H](CC(=O)O)c2cnc3ccccn23)cc1. The molecule has 0 saturated heterocycles. The number of ether oxygens (including phenoxy) is 1. The third-order valence-corrected chi connectivity index (χ3v) is 3.70. The molecular formula is C17H16N2O3. The number of rotatable bonds is 5. The zero-order valence-corrected chi connectivity index (χ0v) is 12.1. The molecule has 2 aromatic heterocycles. The van der Waals surface area contributed by atoms with Crippen molar-refractivity contribution in [1.29, 1.82) is 0 Å². The highest BCUT2D eigenvalue weighted by molar-refractivity contribution is 5.69. The summed E-state index contributed by atoms with van der Waals surface area (Å²) in [5.41, 5.74) is 2.60. The van der Waals surface area contributed by atoms with Crippen LogP contribution >= 0.6 is 0 Å². The Balaban J connectivity index is 2.07. The Morgan fingerprint density at radius 1 is 1.27 bits per heavy atom. The van der Waals surface area contributed by atoms with Gasteiger partial charge in [-0.15, -0.1) is 0 Å². The quantitative estimate of drug-likeness (QED) is 0.786. The first-order valence-electron chi connectivity index (χ1n) is 6.97. The van der Waals surface area contributed by atoms with Crippen molar-refractivity contribution in [2.45, 2.75) is 12.3 Å². The van der Waals surface area contributed by atoms with Gasteiger partial charge < -0.3 is 14.2 Å². The molecule has 3 rings (SSSR count). The maximum atomic E-state index is 11.3. The number of aliphatic carboxylic acids is 1. The van der Waals surface area contributed by atoms with Crippen LogP contribution in [0.1, 0.15) is 23.6 Å². The lowest BCUT2D eigenvalue weighted by Gasteiger charge is -2.15. The molecule has 0 radical (unpaired) electrons. The van der Waals surface area contributed by atoms with Gasteiger partial charge in [0.25, 0.3) is 0 Å². The predicted octanol–water partition coefficient (Wildman–Crippen LogP) is 2.95. The van der Waals surface area contributed by atoms with Crippen LogP contribution in [0, 0.1) is 0 Å². The molecule has 1 aromatic carbocycles. The fourth-order valence-corrected chi connectivity index (χ4v) is 2.61. The third-order valence-electron chi connectivity index (χ3n) is 3.70. The number of pyridine rings is 1. The number of carbonyl (C=O) groups is 1. The molecule has 1 atom stereocenters. The minimum Gasteiger partial charge on any atom is -0.497 e. The van der Waals surface area contributed by atoms with Crippen molar-refractivity contribution in [3.63, 3.8) is 0 Å². The van der Waals surface area contributed by atoms with E-state index >= 15 is 0 Å². The monoisotopic (exact) mass is 296 g/mol. The summed E-state index contributed by atoms with van der Waals surface area (Å²) in [5.74, 6) is -0.358. The van der Waals surface area contributed by atoms with Gasteiger partial charge in [0.2, 0.25) is 0 Å². The molecule has 3 aromatic rings. The summed E-state index contributed by atoms with van der Waals surface area (Å²) in [6.45, 7) is 0. The minimum atomic E-state index is -0.841. The Labute approximate surface area is 127 Å². The molecule has 0 aliphatic heterocycles. The van der Waals surface area contributed by atoms with Gasteiger partial charge in [0, 0.05) is 18.3 Å². The second-order valence-electron chi connectivity index (χ2n) is 5.04. The molecule has 0 amide bonds. The smallest absolute Gasteiger partial charge is 0.304 e. The van der Waals surface area contributed by atoms with Crippen LogP contribution in [0.15, 0.2) is 54.9 Å². The first-order valence-corrected chi connectivity index (χ1v) is 6.97. The molecular weight excluding hydrogens is 280 g/mol. The molecule has 2 heterocycles. The fraction of sp³-hybridized carbons (Fsp3) is 0.176. The molecule has 5 nitrogen and oxygen atoms in total. The zero-order valence-electron chi connectivity index (χ0n) is 12.1. The maximum absolute atomic E-state index is 11.3. The summed E-state index contributed by atoms with van der Waals surface area (Å²) in [6, 6.07) is 13.2. The van der Waals surface area contributed by atoms with Gasteiger partial charge in [-0.1, -0.05) is 18.2 Å². The first kappa shape index (κ1) is 14.1. The standard InChI is InChI=1S/C17H16N2O3/c1-22-13-7-5-12(6-8-13)14(10-17(20)21)15-11-18-16-4-2-3-9-19(15)16/h2-9,11,14H,10H2,1H3,(H,20,21)/t14-/m0/s1. The van der Waals surface area contributed by atoms with E-state index in [-0.39, 0.29) is 12.3 Å². The highest BCUT2D eigenvalue weighted by atomic mass is 16.5. The number of aromatic nitrogens is 2. The minimum absolute atomic E-state index is 0.00894. The number of nitrogens with zero attached hydrogens (tertiary/aromatic N) is 2. The Bertz CT molecular complexity index is 793. The van der Waals surface area contributed by atoms with Crippen LogP contribution in [0.4, 0.5) is 0 Å². The molecule has 0 spiro atoms. The van der Waals surface area contributed by atoms with Crippen LogP contribution < -0.4 is 4.74 Å². The molecule has 22 heavy (non-hydrogen) atoms. The van der Waals surface area contributed by atoms with Crippen molar-refractivity contribution in [2.24, 2.45) is 0 Å². The predicted molar refractivity (Wildman–Crippen MR) is 82.3 cm³/mol. The van der Waals surface area contributed by atoms with Gasteiger partial charge >= 0.3 is 5.97 Å². The zero-order chi connectivity index (χ0) is 15.5. The van der Waals surface area contributed by atoms with E-state index < -0.39 is 5.97 Å². The van der Waals surface area contributed by atoms with E-state index in [1.807, 2.05) is 53.1 Å². The van der Waals surface area contributed by atoms with Crippen LogP contribution in [0.2, 0.25) is 0 Å². The van der Waals surface area contributed by atoms with E-state index in [4.69, 9.17) is 4.74 Å². The van der Waals surface area contributed by atoms with Gasteiger partial charge in [0.1, 0.15) is 11.4 Å². The number of benzene rings is 1. The molecule has 0 fully saturated rings. The summed E-state index contributed by atoms with van der Waals surface area (Å²) in [6.07, 6.45) is 3.65. The van der Waals surface area contributed by atoms with Crippen LogP contribution in [0.5, 0.6) is 5.75 Å². The van der Waals surface area contributed by atoms with E-state index in [0.29, 0.717) is 0 Å². The van der Waals surface area contributed by atoms with Crippen molar-refractivity contribution < 1.29 is 14.6 Å². The number of carboxylic acid groups (broad SMARTS) is 1. The lowest BCUT2D eigenvalue weighted by molar-refractivity contribution is -0.137. The van der Waals surface area contributed by atoms with Gasteiger partial charge in [-0.25, -0.2) is 4.98 Å². The Morgan fingerprint density at radius 2 is 2.05 bits per heavy atom. The van der Waals surface area contributed by atoms with E-state index in [1.54, 1.807) is 13.3 Å². The average Bonchev–Trinajstić information content (AvgIpc) is 2.96. The van der Waals surface area contributed by atoms with Crippen LogP contribution in [-0.2, 0) is 4.79 Å². The van der Waals surface area contributed by atoms with E-state index in [9.17, 15) is 9.90 Å². The highest BCUT2D eigenvalue weighted by Gasteiger charge is 2.21. The Hall–Kier alpha value is -2.82. The van der Waals surface area contributed by atoms with Gasteiger partial charge in [-0.2, -0.15) is 0 Å². The van der Waals surface area contributed by atoms with Crippen LogP contribution in [-0.4, -0.2) is 27.6 Å². The molecule has 0 aliphatic carbocycles. The van der Waals surface area contributed by atoms with Crippen molar-refractivity contribution in [3.8, 4) is 5.75 Å². The summed E-state index contributed by atoms with van der Waals surface area (Å²) < 4.78 is 7.09. The molecule has 0 aliphatic rings. The highest BCUT2D eigenvalue weighted by Crippen LogP contribution is 2.29.